The molecule has 28 heavy (non-hydrogen) atoms. The second kappa shape index (κ2) is 10.4. The summed E-state index contributed by atoms with van der Waals surface area (Å²) in [6.07, 6.45) is 4.89. The summed E-state index contributed by atoms with van der Waals surface area (Å²) in [5.41, 5.74) is 4.84. The number of guanidine groups is 1. The van der Waals surface area contributed by atoms with Gasteiger partial charge in [0.15, 0.2) is 5.96 Å². The molecule has 5 nitrogen and oxygen atoms in total. The second-order valence-corrected chi connectivity index (χ2v) is 6.61. The molecular formula is C21H27FIN5. The van der Waals surface area contributed by atoms with Gasteiger partial charge in [0, 0.05) is 31.9 Å². The Hall–Kier alpha value is -2.16. The monoisotopic (exact) mass is 495 g/mol. The van der Waals surface area contributed by atoms with Gasteiger partial charge in [-0.2, -0.15) is 0 Å². The lowest BCUT2D eigenvalue weighted by Gasteiger charge is -2.11. The van der Waals surface area contributed by atoms with Crippen molar-refractivity contribution in [3.63, 3.8) is 0 Å². The number of nitrogens with one attached hydrogen (secondary N) is 2. The molecule has 0 atom stereocenters. The molecule has 2 heterocycles. The van der Waals surface area contributed by atoms with Crippen LogP contribution in [0.3, 0.4) is 0 Å². The molecule has 3 aromatic rings. The lowest BCUT2D eigenvalue weighted by molar-refractivity contribution is 0.617. The Morgan fingerprint density at radius 3 is 2.71 bits per heavy atom. The Bertz CT molecular complexity index is 951. The summed E-state index contributed by atoms with van der Waals surface area (Å²) in [7, 11) is 0. The van der Waals surface area contributed by atoms with Crippen LogP contribution in [0.4, 0.5) is 4.39 Å². The van der Waals surface area contributed by atoms with Crippen molar-refractivity contribution in [2.45, 2.75) is 33.7 Å². The minimum atomic E-state index is -0.185. The molecule has 0 aliphatic rings. The number of pyridine rings is 1. The molecule has 0 aliphatic heterocycles. The number of benzene rings is 1. The molecule has 0 radical (unpaired) electrons. The Labute approximate surface area is 182 Å². The van der Waals surface area contributed by atoms with E-state index in [1.165, 1.54) is 11.6 Å². The van der Waals surface area contributed by atoms with Gasteiger partial charge in [-0.1, -0.05) is 18.2 Å². The van der Waals surface area contributed by atoms with E-state index in [2.05, 4.69) is 39.2 Å². The molecule has 0 saturated carbocycles. The lowest BCUT2D eigenvalue weighted by Crippen LogP contribution is -2.38. The Morgan fingerprint density at radius 1 is 1.18 bits per heavy atom. The van der Waals surface area contributed by atoms with Gasteiger partial charge in [0.2, 0.25) is 0 Å². The zero-order valence-corrected chi connectivity index (χ0v) is 18.8. The maximum Gasteiger partial charge on any atom is 0.191 e. The third kappa shape index (κ3) is 5.67. The van der Waals surface area contributed by atoms with Gasteiger partial charge in [0.05, 0.1) is 12.2 Å². The summed E-state index contributed by atoms with van der Waals surface area (Å²) < 4.78 is 15.4. The number of aryl methyl sites for hydroxylation is 2. The predicted octanol–water partition coefficient (Wildman–Crippen LogP) is 4.01. The first-order valence-corrected chi connectivity index (χ1v) is 9.27. The summed E-state index contributed by atoms with van der Waals surface area (Å²) in [4.78, 5) is 9.28. The second-order valence-electron chi connectivity index (χ2n) is 6.61. The topological polar surface area (TPSA) is 53.7 Å². The minimum Gasteiger partial charge on any atom is -0.357 e. The van der Waals surface area contributed by atoms with Crippen molar-refractivity contribution < 1.29 is 4.39 Å². The molecule has 1 aromatic carbocycles. The smallest absolute Gasteiger partial charge is 0.191 e. The molecule has 7 heteroatoms. The van der Waals surface area contributed by atoms with E-state index in [-0.39, 0.29) is 29.8 Å². The highest BCUT2D eigenvalue weighted by molar-refractivity contribution is 14.0. The van der Waals surface area contributed by atoms with E-state index in [4.69, 9.17) is 4.98 Å². The molecule has 0 amide bonds. The third-order valence-electron chi connectivity index (χ3n) is 4.39. The van der Waals surface area contributed by atoms with E-state index in [0.29, 0.717) is 12.1 Å². The van der Waals surface area contributed by atoms with Crippen molar-refractivity contribution >= 4 is 35.6 Å². The molecule has 2 aromatic heterocycles. The van der Waals surface area contributed by atoms with Crippen LogP contribution in [-0.2, 0) is 13.0 Å². The summed E-state index contributed by atoms with van der Waals surface area (Å²) in [5.74, 6) is 0.565. The molecule has 0 unspecified atom stereocenters. The average Bonchev–Trinajstić information content (AvgIpc) is 3.07. The Balaban J connectivity index is 0.00000280. The molecule has 0 spiro atoms. The Kier molecular flexibility index (Phi) is 8.22. The van der Waals surface area contributed by atoms with Gasteiger partial charge in [-0.25, -0.2) is 14.4 Å². The standard InChI is InChI=1S/C21H26FN5.HI/c1-4-23-21(25-13-17-7-8-19(22)16(3)12-17)24-10-9-18-14-27-11-5-6-15(2)20(27)26-18;/h5-8,11-12,14H,4,9-10,13H2,1-3H3,(H2,23,24,25);1H. The Morgan fingerprint density at radius 2 is 2.00 bits per heavy atom. The van der Waals surface area contributed by atoms with Crippen molar-refractivity contribution in [3.8, 4) is 0 Å². The summed E-state index contributed by atoms with van der Waals surface area (Å²) in [6.45, 7) is 7.88. The van der Waals surface area contributed by atoms with Gasteiger partial charge in [0.1, 0.15) is 11.5 Å². The number of imidazole rings is 1. The van der Waals surface area contributed by atoms with Crippen LogP contribution in [0.2, 0.25) is 0 Å². The van der Waals surface area contributed by atoms with Crippen LogP contribution in [0.15, 0.2) is 47.7 Å². The molecule has 3 rings (SSSR count). The van der Waals surface area contributed by atoms with Crippen LogP contribution in [0.25, 0.3) is 5.65 Å². The maximum absolute atomic E-state index is 13.4. The van der Waals surface area contributed by atoms with Crippen LogP contribution in [0.5, 0.6) is 0 Å². The largest absolute Gasteiger partial charge is 0.357 e. The number of hydrogen-bond acceptors (Lipinski definition) is 2. The predicted molar refractivity (Wildman–Crippen MR) is 123 cm³/mol. The number of aromatic nitrogens is 2. The number of hydrogen-bond donors (Lipinski definition) is 2. The van der Waals surface area contributed by atoms with Crippen LogP contribution < -0.4 is 10.6 Å². The van der Waals surface area contributed by atoms with Crippen LogP contribution >= 0.6 is 24.0 Å². The number of aliphatic imine (C=N–C) groups is 1. The van der Waals surface area contributed by atoms with Gasteiger partial charge in [-0.3, -0.25) is 0 Å². The highest BCUT2D eigenvalue weighted by atomic mass is 127. The van der Waals surface area contributed by atoms with E-state index in [0.717, 1.165) is 42.4 Å². The first-order chi connectivity index (χ1) is 13.1. The summed E-state index contributed by atoms with van der Waals surface area (Å²) >= 11 is 0. The van der Waals surface area contributed by atoms with Crippen LogP contribution in [0.1, 0.15) is 29.3 Å². The quantitative estimate of drug-likeness (QED) is 0.309. The first-order valence-electron chi connectivity index (χ1n) is 9.27. The summed E-state index contributed by atoms with van der Waals surface area (Å²) in [5, 5.41) is 6.58. The highest BCUT2D eigenvalue weighted by Gasteiger charge is 2.05. The molecule has 0 fully saturated rings. The van der Waals surface area contributed by atoms with E-state index in [1.807, 2.05) is 25.3 Å². The van der Waals surface area contributed by atoms with Crippen molar-refractivity contribution in [1.29, 1.82) is 0 Å². The fraction of sp³-hybridized carbons (Fsp3) is 0.333. The molecule has 150 valence electrons. The lowest BCUT2D eigenvalue weighted by atomic mass is 10.1. The molecule has 0 aliphatic carbocycles. The molecule has 0 bridgehead atoms. The van der Waals surface area contributed by atoms with Gasteiger partial charge in [-0.05, 0) is 49.6 Å². The number of nitrogens with zero attached hydrogens (tertiary/aromatic N) is 3. The van der Waals surface area contributed by atoms with Crippen molar-refractivity contribution in [3.05, 3.63) is 70.9 Å². The SMILES string of the molecule is CCNC(=NCc1ccc(F)c(C)c1)NCCc1cn2cccc(C)c2n1.I. The van der Waals surface area contributed by atoms with Crippen LogP contribution in [0, 0.1) is 19.7 Å². The first kappa shape index (κ1) is 22.1. The van der Waals surface area contributed by atoms with Crippen molar-refractivity contribution in [2.75, 3.05) is 13.1 Å². The number of fused-ring (bicyclic) bond motifs is 1. The fourth-order valence-electron chi connectivity index (χ4n) is 2.95. The van der Waals surface area contributed by atoms with Gasteiger partial charge in [0.25, 0.3) is 0 Å². The van der Waals surface area contributed by atoms with E-state index in [9.17, 15) is 4.39 Å². The zero-order valence-electron chi connectivity index (χ0n) is 16.5. The van der Waals surface area contributed by atoms with Crippen molar-refractivity contribution in [1.82, 2.24) is 20.0 Å². The molecule has 0 saturated heterocycles. The highest BCUT2D eigenvalue weighted by Crippen LogP contribution is 2.11. The van der Waals surface area contributed by atoms with E-state index in [1.54, 1.807) is 13.0 Å². The number of halogens is 2. The molecular weight excluding hydrogens is 468 g/mol. The van der Waals surface area contributed by atoms with Gasteiger partial charge < -0.3 is 15.0 Å². The normalized spacial score (nSPS) is 11.4. The molecule has 2 N–H and O–H groups in total. The average molecular weight is 495 g/mol. The van der Waals surface area contributed by atoms with E-state index < -0.39 is 0 Å². The van der Waals surface area contributed by atoms with Gasteiger partial charge >= 0.3 is 0 Å². The summed E-state index contributed by atoms with van der Waals surface area (Å²) in [6, 6.07) is 9.19. The number of rotatable bonds is 6. The fourth-order valence-corrected chi connectivity index (χ4v) is 2.95. The van der Waals surface area contributed by atoms with Gasteiger partial charge in [-0.15, -0.1) is 24.0 Å². The van der Waals surface area contributed by atoms with Crippen molar-refractivity contribution in [2.24, 2.45) is 4.99 Å². The van der Waals surface area contributed by atoms with E-state index >= 15 is 0 Å². The minimum absolute atomic E-state index is 0. The third-order valence-corrected chi connectivity index (χ3v) is 4.39. The zero-order chi connectivity index (χ0) is 19.2. The maximum atomic E-state index is 13.4. The van der Waals surface area contributed by atoms with Crippen LogP contribution in [-0.4, -0.2) is 28.4 Å².